The van der Waals surface area contributed by atoms with Crippen LogP contribution < -0.4 is 5.32 Å². The van der Waals surface area contributed by atoms with E-state index in [9.17, 15) is 15.0 Å². The monoisotopic (exact) mass is 463 g/mol. The van der Waals surface area contributed by atoms with Gasteiger partial charge in [0.15, 0.2) is 17.3 Å². The van der Waals surface area contributed by atoms with Crippen LogP contribution in [0.4, 0.5) is 5.82 Å². The second kappa shape index (κ2) is 8.17. The maximum Gasteiger partial charge on any atom is 0.162 e. The Morgan fingerprint density at radius 1 is 0.886 bits per heavy atom. The molecule has 0 spiro atoms. The molecule has 3 aromatic carbocycles. The lowest BCUT2D eigenvalue weighted by atomic mass is 9.72. The maximum absolute atomic E-state index is 13.7. The molecule has 1 aromatic heterocycles. The molecule has 2 atom stereocenters. The lowest BCUT2D eigenvalue weighted by Crippen LogP contribution is -2.30. The molecule has 4 aromatic rings. The summed E-state index contributed by atoms with van der Waals surface area (Å²) in [6, 6.07) is 24.8. The molecule has 1 aliphatic heterocycles. The third kappa shape index (κ3) is 3.49. The molecule has 0 saturated carbocycles. The van der Waals surface area contributed by atoms with Crippen LogP contribution in [0.2, 0.25) is 0 Å². The zero-order valence-corrected chi connectivity index (χ0v) is 19.3. The molecule has 0 saturated heterocycles. The SMILES string of the molecule is Cc1nn(-c2ccccc2)c2c1[C@@H](c1ccc(O)c(O)c1)C1=C(C[C@@H](c3ccccc3)CC1=O)N2. The number of carbonyl (C=O) groups is 1. The highest BCUT2D eigenvalue weighted by atomic mass is 16.3. The van der Waals surface area contributed by atoms with Crippen molar-refractivity contribution in [2.45, 2.75) is 31.6 Å². The summed E-state index contributed by atoms with van der Waals surface area (Å²) in [6.07, 6.45) is 1.12. The number of hydrogen-bond donors (Lipinski definition) is 3. The van der Waals surface area contributed by atoms with E-state index in [4.69, 9.17) is 5.10 Å². The lowest BCUT2D eigenvalue weighted by Gasteiger charge is -2.36. The van der Waals surface area contributed by atoms with Gasteiger partial charge in [-0.1, -0.05) is 54.6 Å². The van der Waals surface area contributed by atoms with Crippen LogP contribution in [0.1, 0.15) is 47.1 Å². The normalized spacial score (nSPS) is 19.2. The standard InChI is InChI=1S/C29H25N3O3/c1-17-26-27(19-12-13-23(33)24(34)15-19)28-22(14-20(16-25(28)35)18-8-4-2-5-9-18)30-29(26)32(31-17)21-10-6-3-7-11-21/h2-13,15,20,27,30,33-34H,14,16H2,1H3/t20-,27-/m1/s1. The number of Topliss-reactive ketones (excluding diaryl/α,β-unsaturated/α-hetero) is 1. The minimum atomic E-state index is -0.394. The smallest absolute Gasteiger partial charge is 0.162 e. The molecular weight excluding hydrogens is 438 g/mol. The van der Waals surface area contributed by atoms with Crippen LogP contribution in [0, 0.1) is 6.92 Å². The summed E-state index contributed by atoms with van der Waals surface area (Å²) in [6.45, 7) is 1.94. The van der Waals surface area contributed by atoms with E-state index in [0.29, 0.717) is 18.4 Å². The van der Waals surface area contributed by atoms with Crippen molar-refractivity contribution in [2.24, 2.45) is 0 Å². The van der Waals surface area contributed by atoms with Crippen molar-refractivity contribution in [1.82, 2.24) is 9.78 Å². The number of aromatic nitrogens is 2. The average Bonchev–Trinajstić information content (AvgIpc) is 3.21. The van der Waals surface area contributed by atoms with Gasteiger partial charge in [-0.15, -0.1) is 0 Å². The van der Waals surface area contributed by atoms with E-state index in [1.54, 1.807) is 12.1 Å². The second-order valence-electron chi connectivity index (χ2n) is 9.23. The van der Waals surface area contributed by atoms with Crippen LogP contribution in [0.15, 0.2) is 90.1 Å². The Balaban J connectivity index is 1.55. The van der Waals surface area contributed by atoms with Crippen LogP contribution >= 0.6 is 0 Å². The Morgan fingerprint density at radius 2 is 1.60 bits per heavy atom. The van der Waals surface area contributed by atoms with Crippen molar-refractivity contribution in [3.63, 3.8) is 0 Å². The summed E-state index contributed by atoms with van der Waals surface area (Å²) >= 11 is 0. The molecule has 0 radical (unpaired) electrons. The Bertz CT molecular complexity index is 1470. The fourth-order valence-corrected chi connectivity index (χ4v) is 5.45. The van der Waals surface area contributed by atoms with Gasteiger partial charge in [0.05, 0.1) is 11.4 Å². The molecule has 6 heteroatoms. The van der Waals surface area contributed by atoms with Crippen LogP contribution in [0.3, 0.4) is 0 Å². The summed E-state index contributed by atoms with van der Waals surface area (Å²) < 4.78 is 1.89. The highest BCUT2D eigenvalue weighted by Crippen LogP contribution is 2.50. The number of para-hydroxylation sites is 1. The zero-order chi connectivity index (χ0) is 24.1. The quantitative estimate of drug-likeness (QED) is 0.347. The van der Waals surface area contributed by atoms with Gasteiger partial charge in [-0.2, -0.15) is 5.10 Å². The number of nitrogens with zero attached hydrogens (tertiary/aromatic N) is 2. The van der Waals surface area contributed by atoms with Crippen LogP contribution in [0.5, 0.6) is 11.5 Å². The van der Waals surface area contributed by atoms with Crippen molar-refractivity contribution < 1.29 is 15.0 Å². The van der Waals surface area contributed by atoms with Gasteiger partial charge in [-0.05, 0) is 54.7 Å². The number of ketones is 1. The molecule has 174 valence electrons. The number of phenolic OH excluding ortho intramolecular Hbond substituents is 2. The van der Waals surface area contributed by atoms with Crippen molar-refractivity contribution in [3.05, 3.63) is 113 Å². The van der Waals surface area contributed by atoms with Crippen molar-refractivity contribution in [2.75, 3.05) is 5.32 Å². The minimum Gasteiger partial charge on any atom is -0.504 e. The van der Waals surface area contributed by atoms with Crippen LogP contribution in [-0.4, -0.2) is 25.8 Å². The lowest BCUT2D eigenvalue weighted by molar-refractivity contribution is -0.116. The molecule has 1 aliphatic carbocycles. The van der Waals surface area contributed by atoms with Gasteiger partial charge in [0.25, 0.3) is 0 Å². The summed E-state index contributed by atoms with van der Waals surface area (Å²) in [5, 5.41) is 28.7. The van der Waals surface area contributed by atoms with Gasteiger partial charge in [-0.25, -0.2) is 4.68 Å². The predicted molar refractivity (Wildman–Crippen MR) is 134 cm³/mol. The molecule has 35 heavy (non-hydrogen) atoms. The topological polar surface area (TPSA) is 87.4 Å². The Kier molecular flexibility index (Phi) is 4.95. The number of anilines is 1. The molecule has 3 N–H and O–H groups in total. The van der Waals surface area contributed by atoms with Crippen molar-refractivity contribution >= 4 is 11.6 Å². The van der Waals surface area contributed by atoms with E-state index in [-0.39, 0.29) is 23.2 Å². The van der Waals surface area contributed by atoms with Gasteiger partial charge in [0.2, 0.25) is 0 Å². The first-order valence-electron chi connectivity index (χ1n) is 11.8. The van der Waals surface area contributed by atoms with E-state index in [1.165, 1.54) is 6.07 Å². The molecule has 6 nitrogen and oxygen atoms in total. The number of aryl methyl sites for hydroxylation is 1. The molecule has 6 rings (SSSR count). The van der Waals surface area contributed by atoms with E-state index >= 15 is 0 Å². The number of aromatic hydroxyl groups is 2. The molecule has 0 bridgehead atoms. The van der Waals surface area contributed by atoms with Gasteiger partial charge < -0.3 is 15.5 Å². The number of rotatable bonds is 3. The number of allylic oxidation sites excluding steroid dienone is 2. The summed E-state index contributed by atoms with van der Waals surface area (Å²) in [4.78, 5) is 13.7. The number of benzene rings is 3. The largest absolute Gasteiger partial charge is 0.504 e. The zero-order valence-electron chi connectivity index (χ0n) is 19.3. The number of hydrogen-bond acceptors (Lipinski definition) is 5. The fraction of sp³-hybridized carbons (Fsp3) is 0.172. The van der Waals surface area contributed by atoms with Crippen LogP contribution in [-0.2, 0) is 4.79 Å². The summed E-state index contributed by atoms with van der Waals surface area (Å²) in [7, 11) is 0. The van der Waals surface area contributed by atoms with Gasteiger partial charge >= 0.3 is 0 Å². The first-order chi connectivity index (χ1) is 17.0. The Labute approximate surface area is 203 Å². The maximum atomic E-state index is 13.7. The first kappa shape index (κ1) is 21.2. The van der Waals surface area contributed by atoms with Crippen LogP contribution in [0.25, 0.3) is 5.69 Å². The molecular formula is C29H25N3O3. The third-order valence-corrected chi connectivity index (χ3v) is 7.07. The average molecular weight is 464 g/mol. The number of carbonyl (C=O) groups excluding carboxylic acids is 1. The third-order valence-electron chi connectivity index (χ3n) is 7.07. The van der Waals surface area contributed by atoms with E-state index < -0.39 is 5.92 Å². The Hall–Kier alpha value is -4.32. The number of phenols is 2. The van der Waals surface area contributed by atoms with Crippen molar-refractivity contribution in [1.29, 1.82) is 0 Å². The summed E-state index contributed by atoms with van der Waals surface area (Å²) in [5.41, 5.74) is 6.12. The highest BCUT2D eigenvalue weighted by Gasteiger charge is 2.41. The predicted octanol–water partition coefficient (Wildman–Crippen LogP) is 5.55. The molecule has 0 unspecified atom stereocenters. The van der Waals surface area contributed by atoms with E-state index in [2.05, 4.69) is 17.4 Å². The van der Waals surface area contributed by atoms with Gasteiger partial charge in [0, 0.05) is 29.2 Å². The second-order valence-corrected chi connectivity index (χ2v) is 9.23. The molecule has 2 aliphatic rings. The fourth-order valence-electron chi connectivity index (χ4n) is 5.45. The number of fused-ring (bicyclic) bond motifs is 1. The molecule has 0 amide bonds. The van der Waals surface area contributed by atoms with Crippen molar-refractivity contribution in [3.8, 4) is 17.2 Å². The minimum absolute atomic E-state index is 0.0829. The highest BCUT2D eigenvalue weighted by molar-refractivity contribution is 6.01. The first-order valence-corrected chi connectivity index (χ1v) is 11.8. The van der Waals surface area contributed by atoms with E-state index in [1.807, 2.05) is 60.1 Å². The molecule has 2 heterocycles. The van der Waals surface area contributed by atoms with Gasteiger partial charge in [-0.3, -0.25) is 4.79 Å². The van der Waals surface area contributed by atoms with E-state index in [0.717, 1.165) is 39.6 Å². The summed E-state index contributed by atoms with van der Waals surface area (Å²) in [5.74, 6) is 0.208. The Morgan fingerprint density at radius 3 is 2.31 bits per heavy atom. The molecule has 0 fully saturated rings. The number of nitrogens with one attached hydrogen (secondary N) is 1. The van der Waals surface area contributed by atoms with Gasteiger partial charge in [0.1, 0.15) is 5.82 Å².